The van der Waals surface area contributed by atoms with Gasteiger partial charge in [-0.1, -0.05) is 0 Å². The monoisotopic (exact) mass is 290 g/mol. The molecule has 0 radical (unpaired) electrons. The van der Waals surface area contributed by atoms with Crippen molar-refractivity contribution < 1.29 is 8.98 Å². The molecule has 0 atom stereocenters. The summed E-state index contributed by atoms with van der Waals surface area (Å²) in [4.78, 5) is 6.56. The van der Waals surface area contributed by atoms with Crippen molar-refractivity contribution in [2.45, 2.75) is 13.7 Å². The molecule has 1 aliphatic heterocycles. The quantitative estimate of drug-likeness (QED) is 0.509. The number of aromatic nitrogens is 2. The van der Waals surface area contributed by atoms with Gasteiger partial charge in [0.2, 0.25) is 5.71 Å². The molecule has 108 valence electrons. The number of pyridine rings is 2. The van der Waals surface area contributed by atoms with E-state index in [1.807, 2.05) is 6.07 Å². The molecule has 0 N–H and O–H groups in total. The highest BCUT2D eigenvalue weighted by molar-refractivity contribution is 6.76. The second-order valence-electron chi connectivity index (χ2n) is 5.81. The third-order valence-electron chi connectivity index (χ3n) is 4.28. The molecule has 0 bridgehead atoms. The zero-order valence-electron chi connectivity index (χ0n) is 12.9. The van der Waals surface area contributed by atoms with E-state index in [0.717, 1.165) is 22.4 Å². The van der Waals surface area contributed by atoms with Gasteiger partial charge >= 0.3 is 6.85 Å². The van der Waals surface area contributed by atoms with Gasteiger partial charge in [0, 0.05) is 23.2 Å². The number of furan rings is 1. The van der Waals surface area contributed by atoms with Gasteiger partial charge in [-0.05, 0) is 43.6 Å². The molecule has 22 heavy (non-hydrogen) atoms. The van der Waals surface area contributed by atoms with Gasteiger partial charge < -0.3 is 4.42 Å². The van der Waals surface area contributed by atoms with Crippen molar-refractivity contribution in [3.05, 3.63) is 54.0 Å². The van der Waals surface area contributed by atoms with E-state index in [2.05, 4.69) is 71.8 Å². The SMILES string of the molecule is CB1c2oc3ncccc3c2C=CN1c1cc(C)cc[n+]1C. The molecule has 0 aromatic carbocycles. The molecule has 3 aromatic rings. The van der Waals surface area contributed by atoms with E-state index in [-0.39, 0.29) is 6.85 Å². The molecule has 0 unspecified atom stereocenters. The van der Waals surface area contributed by atoms with Gasteiger partial charge in [-0.2, -0.15) is 0 Å². The van der Waals surface area contributed by atoms with Crippen molar-refractivity contribution in [1.82, 2.24) is 4.98 Å². The van der Waals surface area contributed by atoms with Crippen molar-refractivity contribution in [3.8, 4) is 0 Å². The van der Waals surface area contributed by atoms with Gasteiger partial charge in [-0.15, -0.1) is 0 Å². The van der Waals surface area contributed by atoms with Crippen LogP contribution in [0.5, 0.6) is 0 Å². The number of rotatable bonds is 1. The van der Waals surface area contributed by atoms with Crippen LogP contribution >= 0.6 is 0 Å². The Morgan fingerprint density at radius 1 is 1.32 bits per heavy atom. The summed E-state index contributed by atoms with van der Waals surface area (Å²) >= 11 is 0. The van der Waals surface area contributed by atoms with Gasteiger partial charge in [0.15, 0.2) is 0 Å². The smallest absolute Gasteiger partial charge is 0.447 e. The Kier molecular flexibility index (Phi) is 2.82. The highest BCUT2D eigenvalue weighted by atomic mass is 16.3. The molecule has 0 aliphatic carbocycles. The first-order chi connectivity index (χ1) is 10.6. The van der Waals surface area contributed by atoms with E-state index >= 15 is 0 Å². The van der Waals surface area contributed by atoms with Crippen LogP contribution in [0.15, 0.2) is 47.3 Å². The highest BCUT2D eigenvalue weighted by Crippen LogP contribution is 2.25. The fourth-order valence-corrected chi connectivity index (χ4v) is 3.05. The van der Waals surface area contributed by atoms with Gasteiger partial charge in [-0.25, -0.2) is 9.55 Å². The van der Waals surface area contributed by atoms with Crippen molar-refractivity contribution in [2.75, 3.05) is 4.81 Å². The molecule has 3 aromatic heterocycles. The molecule has 0 saturated heterocycles. The number of hydrogen-bond acceptors (Lipinski definition) is 3. The standard InChI is InChI=1S/C17H17BN3O/c1-12-6-9-20(3)15(11-12)21-10-7-13-14-5-4-8-19-17(14)22-16(13)18(21)2/h4-11H,1-3H3/q+1. The maximum Gasteiger partial charge on any atom is 0.447 e. The molecule has 0 saturated carbocycles. The lowest BCUT2D eigenvalue weighted by atomic mass is 9.58. The third kappa shape index (κ3) is 1.85. The summed E-state index contributed by atoms with van der Waals surface area (Å²) in [5.41, 5.74) is 4.06. The van der Waals surface area contributed by atoms with E-state index in [1.165, 1.54) is 5.56 Å². The summed E-state index contributed by atoms with van der Waals surface area (Å²) in [7, 11) is 2.06. The largest absolute Gasteiger partial charge is 0.447 e. The maximum atomic E-state index is 6.01. The van der Waals surface area contributed by atoms with Gasteiger partial charge in [0.25, 0.3) is 5.82 Å². The number of nitrogens with zero attached hydrogens (tertiary/aromatic N) is 3. The summed E-state index contributed by atoms with van der Waals surface area (Å²) in [5, 5.41) is 1.08. The Bertz CT molecular complexity index is 900. The Morgan fingerprint density at radius 2 is 2.18 bits per heavy atom. The minimum absolute atomic E-state index is 0.127. The van der Waals surface area contributed by atoms with Crippen molar-refractivity contribution in [2.24, 2.45) is 7.05 Å². The molecule has 0 fully saturated rings. The molecule has 4 rings (SSSR count). The van der Waals surface area contributed by atoms with Crippen LogP contribution < -0.4 is 15.0 Å². The zero-order valence-corrected chi connectivity index (χ0v) is 12.9. The van der Waals surface area contributed by atoms with Crippen LogP contribution in [0.25, 0.3) is 17.2 Å². The third-order valence-corrected chi connectivity index (χ3v) is 4.28. The Labute approximate surface area is 129 Å². The Morgan fingerprint density at radius 3 is 3.05 bits per heavy atom. The molecule has 5 heteroatoms. The maximum absolute atomic E-state index is 6.01. The predicted octanol–water partition coefficient (Wildman–Crippen LogP) is 2.28. The lowest BCUT2D eigenvalue weighted by Crippen LogP contribution is -2.50. The lowest BCUT2D eigenvalue weighted by Gasteiger charge is -2.21. The van der Waals surface area contributed by atoms with Crippen LogP contribution in [0, 0.1) is 6.92 Å². The molecule has 4 nitrogen and oxygen atoms in total. The zero-order chi connectivity index (χ0) is 15.3. The van der Waals surface area contributed by atoms with Crippen molar-refractivity contribution >= 4 is 35.5 Å². The molecular weight excluding hydrogens is 273 g/mol. The first-order valence-corrected chi connectivity index (χ1v) is 7.45. The van der Waals surface area contributed by atoms with E-state index in [9.17, 15) is 0 Å². The minimum atomic E-state index is 0.127. The fourth-order valence-electron chi connectivity index (χ4n) is 3.05. The van der Waals surface area contributed by atoms with E-state index < -0.39 is 0 Å². The summed E-state index contributed by atoms with van der Waals surface area (Å²) < 4.78 is 8.14. The summed E-state index contributed by atoms with van der Waals surface area (Å²) in [5.74, 6) is 1.14. The Hall–Kier alpha value is -2.56. The molecule has 0 spiro atoms. The fraction of sp³-hybridized carbons (Fsp3) is 0.176. The van der Waals surface area contributed by atoms with E-state index in [4.69, 9.17) is 4.42 Å². The van der Waals surface area contributed by atoms with Crippen molar-refractivity contribution in [1.29, 1.82) is 0 Å². The van der Waals surface area contributed by atoms with Crippen LogP contribution in [0.3, 0.4) is 0 Å². The average molecular weight is 290 g/mol. The van der Waals surface area contributed by atoms with Gasteiger partial charge in [0.1, 0.15) is 5.66 Å². The summed E-state index contributed by atoms with van der Waals surface area (Å²) in [6.07, 6.45) is 8.10. The second kappa shape index (κ2) is 4.73. The van der Waals surface area contributed by atoms with Crippen LogP contribution in [0.1, 0.15) is 11.1 Å². The summed E-state index contributed by atoms with van der Waals surface area (Å²) in [6.45, 7) is 4.40. The topological polar surface area (TPSA) is 33.2 Å². The first kappa shape index (κ1) is 13.1. The lowest BCUT2D eigenvalue weighted by molar-refractivity contribution is -0.658. The van der Waals surface area contributed by atoms with Crippen LogP contribution in [0.2, 0.25) is 6.82 Å². The van der Waals surface area contributed by atoms with Crippen LogP contribution in [0.4, 0.5) is 5.82 Å². The highest BCUT2D eigenvalue weighted by Gasteiger charge is 2.37. The van der Waals surface area contributed by atoms with Crippen molar-refractivity contribution in [3.63, 3.8) is 0 Å². The van der Waals surface area contributed by atoms with E-state index in [1.54, 1.807) is 6.20 Å². The van der Waals surface area contributed by atoms with Crippen LogP contribution in [-0.4, -0.2) is 11.8 Å². The second-order valence-corrected chi connectivity index (χ2v) is 5.81. The van der Waals surface area contributed by atoms with E-state index in [0.29, 0.717) is 5.71 Å². The number of aryl methyl sites for hydroxylation is 2. The number of anilines is 1. The predicted molar refractivity (Wildman–Crippen MR) is 89.1 cm³/mol. The normalized spacial score (nSPS) is 13.8. The Balaban J connectivity index is 1.86. The molecule has 1 aliphatic rings. The molecular formula is C17H17BN3O+. The number of hydrogen-bond donors (Lipinski definition) is 0. The van der Waals surface area contributed by atoms with Crippen LogP contribution in [-0.2, 0) is 7.05 Å². The first-order valence-electron chi connectivity index (χ1n) is 7.45. The van der Waals surface area contributed by atoms with Gasteiger partial charge in [-0.3, -0.25) is 4.81 Å². The molecule has 4 heterocycles. The minimum Gasteiger partial charge on any atom is -0.447 e. The molecule has 0 amide bonds. The average Bonchev–Trinajstić information content (AvgIpc) is 2.90. The van der Waals surface area contributed by atoms with Gasteiger partial charge in [0.05, 0.1) is 19.4 Å². The number of fused-ring (bicyclic) bond motifs is 3. The summed E-state index contributed by atoms with van der Waals surface area (Å²) in [6, 6.07) is 8.30.